The Kier molecular flexibility index (Phi) is 8.89. The number of rotatable bonds is 9. The Hall–Kier alpha value is -0.570. The molecule has 1 fully saturated rings. The van der Waals surface area contributed by atoms with Crippen LogP contribution in [0.2, 0.25) is 0 Å². The summed E-state index contributed by atoms with van der Waals surface area (Å²) in [4.78, 5) is 14.4. The molecule has 1 aliphatic rings. The lowest BCUT2D eigenvalue weighted by Crippen LogP contribution is -2.34. The molecule has 1 radical (unpaired) electrons. The lowest BCUT2D eigenvalue weighted by Gasteiger charge is -2.25. The van der Waals surface area contributed by atoms with E-state index in [9.17, 15) is 4.79 Å². The molecule has 1 rings (SSSR count). The zero-order valence-corrected chi connectivity index (χ0v) is 12.9. The minimum absolute atomic E-state index is 0.368. The van der Waals surface area contributed by atoms with Gasteiger partial charge in [0, 0.05) is 32.6 Å². The van der Waals surface area contributed by atoms with Gasteiger partial charge < -0.3 is 4.90 Å². The normalized spacial score (nSPS) is 19.4. The first-order valence-electron chi connectivity index (χ1n) is 8.19. The Labute approximate surface area is 119 Å². The minimum atomic E-state index is 0.368. The maximum Gasteiger partial charge on any atom is 0.222 e. The third kappa shape index (κ3) is 6.95. The monoisotopic (exact) mass is 267 g/mol. The van der Waals surface area contributed by atoms with Gasteiger partial charge >= 0.3 is 0 Å². The van der Waals surface area contributed by atoms with Crippen LogP contribution in [0, 0.1) is 5.92 Å². The zero-order chi connectivity index (χ0) is 13.9. The molecule has 0 N–H and O–H groups in total. The second-order valence-corrected chi connectivity index (χ2v) is 5.76. The molecule has 1 atom stereocenters. The number of hydrogen-bond acceptors (Lipinski definition) is 1. The van der Waals surface area contributed by atoms with Crippen molar-refractivity contribution in [3.05, 3.63) is 0 Å². The van der Waals surface area contributed by atoms with Gasteiger partial charge in [-0.3, -0.25) is 4.79 Å². The van der Waals surface area contributed by atoms with Gasteiger partial charge in [0.05, 0.1) is 0 Å². The summed E-state index contributed by atoms with van der Waals surface area (Å²) in [6, 6.07) is 0. The zero-order valence-electron chi connectivity index (χ0n) is 12.9. The first kappa shape index (κ1) is 16.5. The molecule has 1 amide bonds. The molecular weight excluding hydrogens is 236 g/mol. The average molecular weight is 267 g/mol. The van der Waals surface area contributed by atoms with Gasteiger partial charge in [-0.15, -0.1) is 0 Å². The SMILES string of the molecule is CCCCN(CCCC)C(=O)CCC1CCC[N]C1. The number of hydrogen-bond donors (Lipinski definition) is 0. The standard InChI is InChI=1S/C16H31N2O/c1-3-5-12-18(13-6-4-2)16(19)10-9-15-8-7-11-17-14-15/h15H,3-14H2,1-2H3. The molecule has 0 spiro atoms. The van der Waals surface area contributed by atoms with Crippen molar-refractivity contribution in [2.75, 3.05) is 26.2 Å². The molecule has 0 aromatic rings. The number of unbranched alkanes of at least 4 members (excludes halogenated alkanes) is 2. The molecule has 0 saturated carbocycles. The molecule has 0 aliphatic carbocycles. The predicted octanol–water partition coefficient (Wildman–Crippen LogP) is 3.21. The van der Waals surface area contributed by atoms with Gasteiger partial charge in [0.2, 0.25) is 5.91 Å². The summed E-state index contributed by atoms with van der Waals surface area (Å²) in [5.41, 5.74) is 0. The number of amides is 1. The summed E-state index contributed by atoms with van der Waals surface area (Å²) in [6.07, 6.45) is 8.84. The van der Waals surface area contributed by atoms with Crippen molar-refractivity contribution in [3.8, 4) is 0 Å². The van der Waals surface area contributed by atoms with E-state index < -0.39 is 0 Å². The van der Waals surface area contributed by atoms with Crippen molar-refractivity contribution in [2.24, 2.45) is 5.92 Å². The van der Waals surface area contributed by atoms with Gasteiger partial charge in [-0.25, -0.2) is 5.32 Å². The van der Waals surface area contributed by atoms with Crippen LogP contribution in [0.25, 0.3) is 0 Å². The fraction of sp³-hybridized carbons (Fsp3) is 0.938. The van der Waals surface area contributed by atoms with E-state index in [1.165, 1.54) is 12.8 Å². The molecule has 0 aromatic carbocycles. The van der Waals surface area contributed by atoms with Crippen molar-refractivity contribution in [3.63, 3.8) is 0 Å². The van der Waals surface area contributed by atoms with E-state index in [0.29, 0.717) is 11.8 Å². The summed E-state index contributed by atoms with van der Waals surface area (Å²) >= 11 is 0. The third-order valence-corrected chi connectivity index (χ3v) is 4.00. The summed E-state index contributed by atoms with van der Waals surface area (Å²) in [5.74, 6) is 1.03. The molecule has 3 nitrogen and oxygen atoms in total. The minimum Gasteiger partial charge on any atom is -0.343 e. The molecular formula is C16H31N2O. The highest BCUT2D eigenvalue weighted by molar-refractivity contribution is 5.76. The van der Waals surface area contributed by atoms with E-state index >= 15 is 0 Å². The molecule has 111 valence electrons. The van der Waals surface area contributed by atoms with Crippen molar-refractivity contribution in [1.29, 1.82) is 0 Å². The van der Waals surface area contributed by atoms with E-state index in [1.807, 2.05) is 0 Å². The number of carbonyl (C=O) groups is 1. The van der Waals surface area contributed by atoms with E-state index in [0.717, 1.165) is 64.7 Å². The van der Waals surface area contributed by atoms with Gasteiger partial charge in [0.15, 0.2) is 0 Å². The maximum absolute atomic E-state index is 12.3. The fourth-order valence-electron chi connectivity index (χ4n) is 2.64. The Morgan fingerprint density at radius 2 is 1.89 bits per heavy atom. The predicted molar refractivity (Wildman–Crippen MR) is 80.2 cm³/mol. The van der Waals surface area contributed by atoms with Crippen molar-refractivity contribution < 1.29 is 4.79 Å². The van der Waals surface area contributed by atoms with E-state index in [-0.39, 0.29) is 0 Å². The first-order valence-corrected chi connectivity index (χ1v) is 8.19. The van der Waals surface area contributed by atoms with Gasteiger partial charge in [-0.05, 0) is 38.0 Å². The summed E-state index contributed by atoms with van der Waals surface area (Å²) < 4.78 is 0. The first-order chi connectivity index (χ1) is 9.27. The van der Waals surface area contributed by atoms with Crippen molar-refractivity contribution >= 4 is 5.91 Å². The average Bonchev–Trinajstić information content (AvgIpc) is 2.46. The van der Waals surface area contributed by atoms with E-state index in [4.69, 9.17) is 0 Å². The smallest absolute Gasteiger partial charge is 0.222 e. The van der Waals surface area contributed by atoms with E-state index in [1.54, 1.807) is 0 Å². The molecule has 3 heteroatoms. The van der Waals surface area contributed by atoms with Gasteiger partial charge in [-0.1, -0.05) is 26.7 Å². The van der Waals surface area contributed by atoms with Crippen LogP contribution in [0.5, 0.6) is 0 Å². The molecule has 0 bridgehead atoms. The van der Waals surface area contributed by atoms with Crippen LogP contribution in [0.15, 0.2) is 0 Å². The highest BCUT2D eigenvalue weighted by atomic mass is 16.2. The van der Waals surface area contributed by atoms with Gasteiger partial charge in [-0.2, -0.15) is 0 Å². The topological polar surface area (TPSA) is 34.4 Å². The molecule has 1 unspecified atom stereocenters. The fourth-order valence-corrected chi connectivity index (χ4v) is 2.64. The Morgan fingerprint density at radius 3 is 2.42 bits per heavy atom. The molecule has 1 aliphatic heterocycles. The Balaban J connectivity index is 2.28. The number of carbonyl (C=O) groups excluding carboxylic acids is 1. The molecule has 19 heavy (non-hydrogen) atoms. The molecule has 0 aromatic heterocycles. The van der Waals surface area contributed by atoms with Crippen LogP contribution in [-0.4, -0.2) is 37.0 Å². The van der Waals surface area contributed by atoms with E-state index in [2.05, 4.69) is 24.1 Å². The van der Waals surface area contributed by atoms with Crippen LogP contribution < -0.4 is 5.32 Å². The lowest BCUT2D eigenvalue weighted by molar-refractivity contribution is -0.131. The molecule has 1 heterocycles. The summed E-state index contributed by atoms with van der Waals surface area (Å²) in [6.45, 7) is 8.29. The van der Waals surface area contributed by atoms with Crippen LogP contribution in [0.1, 0.15) is 65.2 Å². The van der Waals surface area contributed by atoms with Gasteiger partial charge in [0.1, 0.15) is 0 Å². The van der Waals surface area contributed by atoms with Crippen LogP contribution >= 0.6 is 0 Å². The maximum atomic E-state index is 12.3. The summed E-state index contributed by atoms with van der Waals surface area (Å²) in [7, 11) is 0. The Bertz CT molecular complexity index is 229. The highest BCUT2D eigenvalue weighted by Gasteiger charge is 2.18. The van der Waals surface area contributed by atoms with Crippen LogP contribution in [-0.2, 0) is 4.79 Å². The van der Waals surface area contributed by atoms with Crippen LogP contribution in [0.3, 0.4) is 0 Å². The molecule has 1 saturated heterocycles. The Morgan fingerprint density at radius 1 is 1.21 bits per heavy atom. The van der Waals surface area contributed by atoms with Crippen LogP contribution in [0.4, 0.5) is 0 Å². The third-order valence-electron chi connectivity index (χ3n) is 4.00. The quantitative estimate of drug-likeness (QED) is 0.631. The van der Waals surface area contributed by atoms with Gasteiger partial charge in [0.25, 0.3) is 0 Å². The van der Waals surface area contributed by atoms with Crippen molar-refractivity contribution in [1.82, 2.24) is 10.2 Å². The summed E-state index contributed by atoms with van der Waals surface area (Å²) in [5, 5.41) is 4.46. The van der Waals surface area contributed by atoms with Crippen molar-refractivity contribution in [2.45, 2.75) is 65.2 Å². The largest absolute Gasteiger partial charge is 0.343 e. The lowest BCUT2D eigenvalue weighted by atomic mass is 9.94. The highest BCUT2D eigenvalue weighted by Crippen LogP contribution is 2.17. The number of nitrogens with zero attached hydrogens (tertiary/aromatic N) is 2. The second-order valence-electron chi connectivity index (χ2n) is 5.76. The number of piperidine rings is 1. The second kappa shape index (κ2) is 10.2.